The zero-order valence-corrected chi connectivity index (χ0v) is 11.0. The normalized spacial score (nSPS) is 17.7. The molecule has 100 valence electrons. The fourth-order valence-electron chi connectivity index (χ4n) is 1.89. The SMILES string of the molecule is O=C1NC(=O)C(c2ccc(C(=O)c3ccccc3)s2)O1. The van der Waals surface area contributed by atoms with E-state index < -0.39 is 18.1 Å². The number of ether oxygens (including phenoxy) is 1. The number of amides is 2. The Bertz CT molecular complexity index is 692. The van der Waals surface area contributed by atoms with Crippen LogP contribution in [0.4, 0.5) is 4.79 Å². The minimum atomic E-state index is -0.954. The first kappa shape index (κ1) is 12.6. The molecule has 0 aliphatic carbocycles. The zero-order chi connectivity index (χ0) is 14.1. The Morgan fingerprint density at radius 2 is 1.85 bits per heavy atom. The van der Waals surface area contributed by atoms with Gasteiger partial charge in [0.2, 0.25) is 11.9 Å². The maximum atomic E-state index is 12.2. The highest BCUT2D eigenvalue weighted by Crippen LogP contribution is 2.30. The molecular weight excluding hydrogens is 278 g/mol. The second-order valence-corrected chi connectivity index (χ2v) is 5.29. The lowest BCUT2D eigenvalue weighted by Gasteiger charge is -2.01. The molecule has 1 saturated heterocycles. The maximum absolute atomic E-state index is 12.2. The number of carbonyl (C=O) groups is 3. The number of carbonyl (C=O) groups excluding carboxylic acids is 3. The molecule has 1 aliphatic rings. The van der Waals surface area contributed by atoms with Crippen molar-refractivity contribution in [2.24, 2.45) is 0 Å². The molecule has 1 aromatic heterocycles. The van der Waals surface area contributed by atoms with Crippen LogP contribution in [0.25, 0.3) is 0 Å². The number of imide groups is 1. The third-order valence-electron chi connectivity index (χ3n) is 2.83. The molecule has 2 amide bonds. The van der Waals surface area contributed by atoms with Gasteiger partial charge in [0.05, 0.1) is 9.75 Å². The number of alkyl carbamates (subject to hydrolysis) is 1. The van der Waals surface area contributed by atoms with Crippen molar-refractivity contribution in [2.45, 2.75) is 6.10 Å². The van der Waals surface area contributed by atoms with Crippen LogP contribution >= 0.6 is 11.3 Å². The van der Waals surface area contributed by atoms with Gasteiger partial charge in [0, 0.05) is 5.56 Å². The van der Waals surface area contributed by atoms with Gasteiger partial charge in [-0.3, -0.25) is 14.9 Å². The molecule has 1 N–H and O–H groups in total. The third-order valence-corrected chi connectivity index (χ3v) is 3.96. The Kier molecular flexibility index (Phi) is 3.08. The second-order valence-electron chi connectivity index (χ2n) is 4.17. The van der Waals surface area contributed by atoms with Crippen molar-refractivity contribution >= 4 is 29.1 Å². The first-order valence-electron chi connectivity index (χ1n) is 5.86. The zero-order valence-electron chi connectivity index (χ0n) is 10.2. The monoisotopic (exact) mass is 287 g/mol. The predicted molar refractivity (Wildman–Crippen MR) is 71.6 cm³/mol. The molecule has 1 aromatic carbocycles. The minimum Gasteiger partial charge on any atom is -0.430 e. The summed E-state index contributed by atoms with van der Waals surface area (Å²) < 4.78 is 4.86. The summed E-state index contributed by atoms with van der Waals surface area (Å²) in [6.07, 6.45) is -1.71. The van der Waals surface area contributed by atoms with Gasteiger partial charge in [-0.05, 0) is 12.1 Å². The highest BCUT2D eigenvalue weighted by Gasteiger charge is 2.35. The molecule has 1 atom stereocenters. The molecule has 6 heteroatoms. The maximum Gasteiger partial charge on any atom is 0.415 e. The van der Waals surface area contributed by atoms with E-state index in [-0.39, 0.29) is 5.78 Å². The lowest BCUT2D eigenvalue weighted by atomic mass is 10.1. The van der Waals surface area contributed by atoms with Gasteiger partial charge in [-0.25, -0.2) is 4.79 Å². The summed E-state index contributed by atoms with van der Waals surface area (Å²) >= 11 is 1.15. The Morgan fingerprint density at radius 3 is 2.50 bits per heavy atom. The molecule has 3 rings (SSSR count). The molecule has 1 unspecified atom stereocenters. The van der Waals surface area contributed by atoms with Crippen LogP contribution in [0.3, 0.4) is 0 Å². The first-order valence-corrected chi connectivity index (χ1v) is 6.68. The lowest BCUT2D eigenvalue weighted by molar-refractivity contribution is -0.123. The van der Waals surface area contributed by atoms with Crippen LogP contribution in [0.2, 0.25) is 0 Å². The standard InChI is InChI=1S/C14H9NO4S/c16-11(8-4-2-1-3-5-8)9-6-7-10(20-9)12-13(17)15-14(18)19-12/h1-7,12H,(H,15,17,18). The van der Waals surface area contributed by atoms with Crippen molar-refractivity contribution in [1.82, 2.24) is 5.32 Å². The average molecular weight is 287 g/mol. The molecule has 1 fully saturated rings. The van der Waals surface area contributed by atoms with E-state index in [2.05, 4.69) is 5.32 Å². The van der Waals surface area contributed by atoms with Crippen LogP contribution in [-0.2, 0) is 9.53 Å². The van der Waals surface area contributed by atoms with Crippen molar-refractivity contribution in [1.29, 1.82) is 0 Å². The number of hydrogen-bond donors (Lipinski definition) is 1. The van der Waals surface area contributed by atoms with Crippen molar-refractivity contribution < 1.29 is 19.1 Å². The van der Waals surface area contributed by atoms with Crippen LogP contribution in [0.5, 0.6) is 0 Å². The molecule has 0 spiro atoms. The second kappa shape index (κ2) is 4.90. The van der Waals surface area contributed by atoms with Gasteiger partial charge in [0.15, 0.2) is 0 Å². The van der Waals surface area contributed by atoms with E-state index in [9.17, 15) is 14.4 Å². The van der Waals surface area contributed by atoms with Gasteiger partial charge in [-0.15, -0.1) is 11.3 Å². The van der Waals surface area contributed by atoms with Crippen molar-refractivity contribution in [3.05, 3.63) is 57.8 Å². The summed E-state index contributed by atoms with van der Waals surface area (Å²) in [6, 6.07) is 12.1. The number of thiophene rings is 1. The van der Waals surface area contributed by atoms with Crippen molar-refractivity contribution in [3.63, 3.8) is 0 Å². The van der Waals surface area contributed by atoms with E-state index in [0.717, 1.165) is 11.3 Å². The molecular formula is C14H9NO4S. The Labute approximate surface area is 118 Å². The summed E-state index contributed by atoms with van der Waals surface area (Å²) in [5.74, 6) is -0.623. The summed E-state index contributed by atoms with van der Waals surface area (Å²) in [4.78, 5) is 35.7. The molecule has 2 heterocycles. The highest BCUT2D eigenvalue weighted by molar-refractivity contribution is 7.14. The number of hydrogen-bond acceptors (Lipinski definition) is 5. The molecule has 1 aliphatic heterocycles. The van der Waals surface area contributed by atoms with E-state index >= 15 is 0 Å². The highest BCUT2D eigenvalue weighted by atomic mass is 32.1. The molecule has 0 saturated carbocycles. The first-order chi connectivity index (χ1) is 9.65. The van der Waals surface area contributed by atoms with Crippen LogP contribution < -0.4 is 5.32 Å². The van der Waals surface area contributed by atoms with Crippen LogP contribution in [0.15, 0.2) is 42.5 Å². The van der Waals surface area contributed by atoms with Crippen molar-refractivity contribution in [3.8, 4) is 0 Å². The van der Waals surface area contributed by atoms with E-state index in [1.165, 1.54) is 0 Å². The van der Waals surface area contributed by atoms with Crippen LogP contribution in [-0.4, -0.2) is 17.8 Å². The van der Waals surface area contributed by atoms with Gasteiger partial charge in [0.25, 0.3) is 5.91 Å². The average Bonchev–Trinajstić information content (AvgIpc) is 3.05. The fourth-order valence-corrected chi connectivity index (χ4v) is 2.89. The quantitative estimate of drug-likeness (QED) is 0.879. The minimum absolute atomic E-state index is 0.119. The topological polar surface area (TPSA) is 72.5 Å². The number of benzene rings is 1. The number of rotatable bonds is 3. The largest absolute Gasteiger partial charge is 0.430 e. The number of nitrogens with one attached hydrogen (secondary N) is 1. The molecule has 0 bridgehead atoms. The molecule has 2 aromatic rings. The van der Waals surface area contributed by atoms with Gasteiger partial charge in [-0.1, -0.05) is 30.3 Å². The Hall–Kier alpha value is -2.47. The van der Waals surface area contributed by atoms with Crippen molar-refractivity contribution in [2.75, 3.05) is 0 Å². The summed E-state index contributed by atoms with van der Waals surface area (Å²) in [6.45, 7) is 0. The number of cyclic esters (lactones) is 1. The summed E-state index contributed by atoms with van der Waals surface area (Å²) in [5, 5.41) is 2.06. The Balaban J connectivity index is 1.86. The van der Waals surface area contributed by atoms with Gasteiger partial charge in [-0.2, -0.15) is 0 Å². The lowest BCUT2D eigenvalue weighted by Crippen LogP contribution is -2.20. The summed E-state index contributed by atoms with van der Waals surface area (Å²) in [7, 11) is 0. The van der Waals surface area contributed by atoms with Gasteiger partial charge >= 0.3 is 6.09 Å². The van der Waals surface area contributed by atoms with E-state index in [0.29, 0.717) is 15.3 Å². The third kappa shape index (κ3) is 2.21. The molecule has 0 radical (unpaired) electrons. The summed E-state index contributed by atoms with van der Waals surface area (Å²) in [5.41, 5.74) is 0.578. The van der Waals surface area contributed by atoms with E-state index in [1.807, 2.05) is 6.07 Å². The van der Waals surface area contributed by atoms with E-state index in [4.69, 9.17) is 4.74 Å². The van der Waals surface area contributed by atoms with Gasteiger partial charge in [0.1, 0.15) is 0 Å². The van der Waals surface area contributed by atoms with Crippen LogP contribution in [0.1, 0.15) is 26.2 Å². The van der Waals surface area contributed by atoms with E-state index in [1.54, 1.807) is 36.4 Å². The smallest absolute Gasteiger partial charge is 0.415 e. The Morgan fingerprint density at radius 1 is 1.10 bits per heavy atom. The van der Waals surface area contributed by atoms with Crippen LogP contribution in [0, 0.1) is 0 Å². The molecule has 20 heavy (non-hydrogen) atoms. The number of ketones is 1. The predicted octanol–water partition coefficient (Wildman–Crippen LogP) is 2.29. The fraction of sp³-hybridized carbons (Fsp3) is 0.0714. The molecule has 5 nitrogen and oxygen atoms in total. The van der Waals surface area contributed by atoms with Gasteiger partial charge < -0.3 is 4.74 Å².